The number of nitrogens with one attached hydrogen (secondary N) is 1. The molecule has 0 atom stereocenters. The molecule has 0 aliphatic carbocycles. The Morgan fingerprint density at radius 3 is 2.58 bits per heavy atom. The molecule has 0 bridgehead atoms. The van der Waals surface area contributed by atoms with Crippen molar-refractivity contribution < 1.29 is 8.42 Å². The number of nitrogens with zero attached hydrogens (tertiary/aromatic N) is 2. The second kappa shape index (κ2) is 7.95. The van der Waals surface area contributed by atoms with E-state index in [0.717, 1.165) is 12.2 Å². The summed E-state index contributed by atoms with van der Waals surface area (Å²) < 4.78 is 27.2. The maximum atomic E-state index is 12.3. The first-order chi connectivity index (χ1) is 11.5. The van der Waals surface area contributed by atoms with Crippen LogP contribution in [-0.2, 0) is 10.0 Å². The second-order valence-electron chi connectivity index (χ2n) is 5.46. The molecular formula is C18H21N3O2S. The second-order valence-corrected chi connectivity index (χ2v) is 7.22. The molecule has 24 heavy (non-hydrogen) atoms. The summed E-state index contributed by atoms with van der Waals surface area (Å²) in [5, 5.41) is 8.89. The summed E-state index contributed by atoms with van der Waals surface area (Å²) in [6, 6.07) is 16.1. The standard InChI is InChI=1S/C18H21N3O2S/c1-3-21(17-8-4-6-15(2)12-17)11-10-20-24(22,23)18-9-5-7-16(13-18)14-19/h4-9,12-13,20H,3,10-11H2,1-2H3. The van der Waals surface area contributed by atoms with Gasteiger partial charge in [-0.05, 0) is 49.7 Å². The number of likely N-dealkylation sites (N-methyl/N-ethyl adjacent to an activating group) is 1. The lowest BCUT2D eigenvalue weighted by Gasteiger charge is -2.23. The highest BCUT2D eigenvalue weighted by Crippen LogP contribution is 2.15. The van der Waals surface area contributed by atoms with Gasteiger partial charge in [0.25, 0.3) is 0 Å². The minimum absolute atomic E-state index is 0.111. The van der Waals surface area contributed by atoms with Gasteiger partial charge in [-0.15, -0.1) is 0 Å². The van der Waals surface area contributed by atoms with Gasteiger partial charge < -0.3 is 4.90 Å². The van der Waals surface area contributed by atoms with Crippen LogP contribution in [0.2, 0.25) is 0 Å². The van der Waals surface area contributed by atoms with Gasteiger partial charge in [0.05, 0.1) is 16.5 Å². The predicted molar refractivity (Wildman–Crippen MR) is 95.4 cm³/mol. The van der Waals surface area contributed by atoms with E-state index < -0.39 is 10.0 Å². The van der Waals surface area contributed by atoms with Crippen molar-refractivity contribution in [1.82, 2.24) is 4.72 Å². The number of hydrogen-bond donors (Lipinski definition) is 1. The summed E-state index contributed by atoms with van der Waals surface area (Å²) in [6.07, 6.45) is 0. The normalized spacial score (nSPS) is 11.0. The first kappa shape index (κ1) is 18.0. The average molecular weight is 343 g/mol. The molecule has 0 aromatic heterocycles. The molecule has 1 N–H and O–H groups in total. The molecule has 0 aliphatic heterocycles. The third-order valence-corrected chi connectivity index (χ3v) is 5.15. The zero-order valence-electron chi connectivity index (χ0n) is 13.9. The van der Waals surface area contributed by atoms with E-state index >= 15 is 0 Å². The first-order valence-corrected chi connectivity index (χ1v) is 9.26. The number of aryl methyl sites for hydroxylation is 1. The lowest BCUT2D eigenvalue weighted by atomic mass is 10.2. The summed E-state index contributed by atoms with van der Waals surface area (Å²) in [4.78, 5) is 2.22. The highest BCUT2D eigenvalue weighted by atomic mass is 32.2. The molecule has 2 rings (SSSR count). The molecule has 126 valence electrons. The molecule has 0 aliphatic rings. The Hall–Kier alpha value is -2.36. The van der Waals surface area contributed by atoms with Crippen molar-refractivity contribution in [2.45, 2.75) is 18.7 Å². The Morgan fingerprint density at radius 2 is 1.92 bits per heavy atom. The third-order valence-electron chi connectivity index (χ3n) is 3.70. The maximum Gasteiger partial charge on any atom is 0.240 e. The van der Waals surface area contributed by atoms with Crippen LogP contribution in [0.25, 0.3) is 0 Å². The molecular weight excluding hydrogens is 322 g/mol. The van der Waals surface area contributed by atoms with Crippen LogP contribution >= 0.6 is 0 Å². The zero-order chi connectivity index (χ0) is 17.6. The molecule has 0 saturated heterocycles. The molecule has 0 spiro atoms. The number of anilines is 1. The minimum Gasteiger partial charge on any atom is -0.370 e. The van der Waals surface area contributed by atoms with Crippen molar-refractivity contribution in [3.8, 4) is 6.07 Å². The van der Waals surface area contributed by atoms with E-state index in [2.05, 4.69) is 15.7 Å². The van der Waals surface area contributed by atoms with E-state index in [1.165, 1.54) is 17.7 Å². The third kappa shape index (κ3) is 4.57. The number of rotatable bonds is 7. The van der Waals surface area contributed by atoms with Gasteiger partial charge in [0, 0.05) is 25.3 Å². The Bertz CT molecular complexity index is 841. The van der Waals surface area contributed by atoms with Crippen LogP contribution < -0.4 is 9.62 Å². The van der Waals surface area contributed by atoms with Crippen molar-refractivity contribution >= 4 is 15.7 Å². The summed E-state index contributed by atoms with van der Waals surface area (Å²) >= 11 is 0. The van der Waals surface area contributed by atoms with Crippen LogP contribution in [0.5, 0.6) is 0 Å². The smallest absolute Gasteiger partial charge is 0.240 e. The van der Waals surface area contributed by atoms with Crippen molar-refractivity contribution in [1.29, 1.82) is 5.26 Å². The number of sulfonamides is 1. The van der Waals surface area contributed by atoms with E-state index in [0.29, 0.717) is 18.7 Å². The molecule has 0 heterocycles. The van der Waals surface area contributed by atoms with Crippen molar-refractivity contribution in [2.24, 2.45) is 0 Å². The van der Waals surface area contributed by atoms with E-state index in [4.69, 9.17) is 5.26 Å². The quantitative estimate of drug-likeness (QED) is 0.839. The minimum atomic E-state index is -3.61. The van der Waals surface area contributed by atoms with Gasteiger partial charge in [0.2, 0.25) is 10.0 Å². The number of hydrogen-bond acceptors (Lipinski definition) is 4. The van der Waals surface area contributed by atoms with Gasteiger partial charge in [-0.25, -0.2) is 13.1 Å². The number of benzene rings is 2. The van der Waals surface area contributed by atoms with Crippen LogP contribution in [0.4, 0.5) is 5.69 Å². The number of nitriles is 1. The van der Waals surface area contributed by atoms with Crippen LogP contribution in [0.1, 0.15) is 18.1 Å². The highest BCUT2D eigenvalue weighted by Gasteiger charge is 2.14. The molecule has 0 amide bonds. The van der Waals surface area contributed by atoms with Gasteiger partial charge >= 0.3 is 0 Å². The largest absolute Gasteiger partial charge is 0.370 e. The Morgan fingerprint density at radius 1 is 1.17 bits per heavy atom. The van der Waals surface area contributed by atoms with Gasteiger partial charge in [0.15, 0.2) is 0 Å². The van der Waals surface area contributed by atoms with Crippen LogP contribution in [0.15, 0.2) is 53.4 Å². The van der Waals surface area contributed by atoms with E-state index in [-0.39, 0.29) is 4.90 Å². The molecule has 6 heteroatoms. The van der Waals surface area contributed by atoms with Crippen molar-refractivity contribution in [3.05, 3.63) is 59.7 Å². The molecule has 2 aromatic rings. The Labute approximate surface area is 143 Å². The fraction of sp³-hybridized carbons (Fsp3) is 0.278. The van der Waals surface area contributed by atoms with Gasteiger partial charge in [-0.3, -0.25) is 0 Å². The first-order valence-electron chi connectivity index (χ1n) is 7.77. The summed E-state index contributed by atoms with van der Waals surface area (Å²) in [5.74, 6) is 0. The average Bonchev–Trinajstić information content (AvgIpc) is 2.58. The van der Waals surface area contributed by atoms with E-state index in [1.807, 2.05) is 38.1 Å². The molecule has 5 nitrogen and oxygen atoms in total. The van der Waals surface area contributed by atoms with Crippen LogP contribution in [-0.4, -0.2) is 28.1 Å². The molecule has 0 fully saturated rings. The van der Waals surface area contributed by atoms with Crippen LogP contribution in [0.3, 0.4) is 0 Å². The maximum absolute atomic E-state index is 12.3. The highest BCUT2D eigenvalue weighted by molar-refractivity contribution is 7.89. The van der Waals surface area contributed by atoms with E-state index in [1.54, 1.807) is 12.1 Å². The van der Waals surface area contributed by atoms with E-state index in [9.17, 15) is 8.42 Å². The van der Waals surface area contributed by atoms with Crippen LogP contribution in [0, 0.1) is 18.3 Å². The molecule has 2 aromatic carbocycles. The van der Waals surface area contributed by atoms with Gasteiger partial charge in [-0.2, -0.15) is 5.26 Å². The SMILES string of the molecule is CCN(CCNS(=O)(=O)c1cccc(C#N)c1)c1cccc(C)c1. The summed E-state index contributed by atoms with van der Waals surface area (Å²) in [6.45, 7) is 5.71. The van der Waals surface area contributed by atoms with Gasteiger partial charge in [0.1, 0.15) is 0 Å². The lowest BCUT2D eigenvalue weighted by Crippen LogP contribution is -2.35. The lowest BCUT2D eigenvalue weighted by molar-refractivity contribution is 0.581. The molecule has 0 radical (unpaired) electrons. The summed E-state index contributed by atoms with van der Waals surface area (Å²) in [7, 11) is -3.61. The fourth-order valence-corrected chi connectivity index (χ4v) is 3.49. The van der Waals surface area contributed by atoms with Crippen molar-refractivity contribution in [2.75, 3.05) is 24.5 Å². The van der Waals surface area contributed by atoms with Gasteiger partial charge in [-0.1, -0.05) is 18.2 Å². The molecule has 0 unspecified atom stereocenters. The zero-order valence-corrected chi connectivity index (χ0v) is 14.7. The monoisotopic (exact) mass is 343 g/mol. The molecule has 0 saturated carbocycles. The van der Waals surface area contributed by atoms with Crippen molar-refractivity contribution in [3.63, 3.8) is 0 Å². The topological polar surface area (TPSA) is 73.2 Å². The Balaban J connectivity index is 2.02. The predicted octanol–water partition coefficient (Wildman–Crippen LogP) is 2.67. The fourth-order valence-electron chi connectivity index (χ4n) is 2.43. The summed E-state index contributed by atoms with van der Waals surface area (Å²) in [5.41, 5.74) is 2.57. The Kier molecular flexibility index (Phi) is 5.96.